The largest absolute Gasteiger partial charge is 0.573 e. The number of carbonyl (C=O) groups excluding carboxylic acids is 2. The Morgan fingerprint density at radius 3 is 2.54 bits per heavy atom. The summed E-state index contributed by atoms with van der Waals surface area (Å²) in [5.74, 6) is -2.53. The molecule has 2 atom stereocenters. The van der Waals surface area contributed by atoms with E-state index >= 15 is 0 Å². The van der Waals surface area contributed by atoms with E-state index in [-0.39, 0.29) is 17.9 Å². The van der Waals surface area contributed by atoms with Crippen LogP contribution in [0.3, 0.4) is 0 Å². The number of nitrogens with one attached hydrogen (secondary N) is 2. The molecule has 28 heavy (non-hydrogen) atoms. The van der Waals surface area contributed by atoms with Crippen molar-refractivity contribution in [3.05, 3.63) is 59.4 Å². The van der Waals surface area contributed by atoms with Crippen LogP contribution in [0, 0.1) is 5.82 Å². The molecule has 2 amide bonds. The Kier molecular flexibility index (Phi) is 5.26. The van der Waals surface area contributed by atoms with Crippen LogP contribution in [-0.4, -0.2) is 18.2 Å². The number of halogens is 4. The molecular weight excluding hydrogens is 380 g/mol. The van der Waals surface area contributed by atoms with Crippen LogP contribution < -0.4 is 15.4 Å². The number of ether oxygens (including phenoxy) is 1. The van der Waals surface area contributed by atoms with E-state index in [9.17, 15) is 27.2 Å². The predicted octanol–water partition coefficient (Wildman–Crippen LogP) is 4.03. The number of amides is 2. The van der Waals surface area contributed by atoms with E-state index in [0.29, 0.717) is 11.1 Å². The first kappa shape index (κ1) is 19.7. The topological polar surface area (TPSA) is 67.4 Å². The molecule has 0 saturated carbocycles. The van der Waals surface area contributed by atoms with Crippen LogP contribution in [0.1, 0.15) is 36.4 Å². The molecule has 3 rings (SSSR count). The fourth-order valence-electron chi connectivity index (χ4n) is 3.03. The second kappa shape index (κ2) is 7.49. The summed E-state index contributed by atoms with van der Waals surface area (Å²) in [7, 11) is 0. The molecule has 0 spiro atoms. The highest BCUT2D eigenvalue weighted by Gasteiger charge is 2.32. The lowest BCUT2D eigenvalue weighted by Gasteiger charge is -2.26. The zero-order valence-electron chi connectivity index (χ0n) is 14.6. The number of anilines is 1. The number of alkyl halides is 3. The molecule has 0 aromatic heterocycles. The lowest BCUT2D eigenvalue weighted by atomic mass is 9.89. The number of benzene rings is 2. The van der Waals surface area contributed by atoms with Gasteiger partial charge in [-0.05, 0) is 42.3 Å². The van der Waals surface area contributed by atoms with E-state index in [0.717, 1.165) is 18.2 Å². The Hall–Kier alpha value is -3.10. The Labute approximate surface area is 157 Å². The van der Waals surface area contributed by atoms with Crippen molar-refractivity contribution in [2.45, 2.75) is 31.7 Å². The standard InChI is InChI=1S/C19H16F4N2O3/c1-10(11-2-5-13(6-3-11)28-19(21,22)23)24-18(27)15-9-17(26)25-16-8-12(20)4-7-14(15)16/h2-8,10,15H,9H2,1H3,(H,24,27)(H,25,26). The SMILES string of the molecule is CC(NC(=O)C1CC(=O)Nc2cc(F)ccc21)c1ccc(OC(F)(F)F)cc1. The second-order valence-electron chi connectivity index (χ2n) is 6.38. The van der Waals surface area contributed by atoms with Crippen LogP contribution in [0.5, 0.6) is 5.75 Å². The Balaban J connectivity index is 1.72. The summed E-state index contributed by atoms with van der Waals surface area (Å²) in [6, 6.07) is 8.39. The maximum atomic E-state index is 13.4. The molecule has 2 N–H and O–H groups in total. The van der Waals surface area contributed by atoms with Crippen molar-refractivity contribution in [2.75, 3.05) is 5.32 Å². The molecule has 9 heteroatoms. The summed E-state index contributed by atoms with van der Waals surface area (Å²) in [5.41, 5.74) is 1.31. The number of fused-ring (bicyclic) bond motifs is 1. The summed E-state index contributed by atoms with van der Waals surface area (Å²) in [6.07, 6.45) is -4.87. The quantitative estimate of drug-likeness (QED) is 0.767. The van der Waals surface area contributed by atoms with Gasteiger partial charge in [-0.25, -0.2) is 4.39 Å². The maximum Gasteiger partial charge on any atom is 0.573 e. The molecular formula is C19H16F4N2O3. The smallest absolute Gasteiger partial charge is 0.406 e. The highest BCUT2D eigenvalue weighted by Crippen LogP contribution is 2.33. The molecule has 2 aromatic carbocycles. The fraction of sp³-hybridized carbons (Fsp3) is 0.263. The summed E-state index contributed by atoms with van der Waals surface area (Å²) in [6.45, 7) is 1.66. The molecule has 1 aliphatic heterocycles. The van der Waals surface area contributed by atoms with Gasteiger partial charge in [0.05, 0.1) is 12.0 Å². The highest BCUT2D eigenvalue weighted by atomic mass is 19.4. The lowest BCUT2D eigenvalue weighted by Crippen LogP contribution is -2.36. The third-order valence-corrected chi connectivity index (χ3v) is 4.34. The van der Waals surface area contributed by atoms with Crippen LogP contribution in [0.25, 0.3) is 0 Å². The third-order valence-electron chi connectivity index (χ3n) is 4.34. The zero-order valence-corrected chi connectivity index (χ0v) is 14.6. The molecule has 0 saturated heterocycles. The van der Waals surface area contributed by atoms with Crippen molar-refractivity contribution in [1.29, 1.82) is 0 Å². The van der Waals surface area contributed by atoms with Gasteiger partial charge >= 0.3 is 6.36 Å². The summed E-state index contributed by atoms with van der Waals surface area (Å²) >= 11 is 0. The first-order chi connectivity index (χ1) is 13.1. The average molecular weight is 396 g/mol. The lowest BCUT2D eigenvalue weighted by molar-refractivity contribution is -0.274. The van der Waals surface area contributed by atoms with E-state index in [2.05, 4.69) is 15.4 Å². The molecule has 0 fully saturated rings. The number of hydrogen-bond acceptors (Lipinski definition) is 3. The van der Waals surface area contributed by atoms with Gasteiger partial charge in [0, 0.05) is 12.1 Å². The van der Waals surface area contributed by atoms with Crippen molar-refractivity contribution in [3.63, 3.8) is 0 Å². The Morgan fingerprint density at radius 2 is 1.89 bits per heavy atom. The van der Waals surface area contributed by atoms with Gasteiger partial charge in [-0.15, -0.1) is 13.2 Å². The van der Waals surface area contributed by atoms with Crippen LogP contribution >= 0.6 is 0 Å². The Morgan fingerprint density at radius 1 is 1.21 bits per heavy atom. The zero-order chi connectivity index (χ0) is 20.5. The van der Waals surface area contributed by atoms with Crippen molar-refractivity contribution in [3.8, 4) is 5.75 Å². The van der Waals surface area contributed by atoms with Crippen LogP contribution in [0.2, 0.25) is 0 Å². The fourth-order valence-corrected chi connectivity index (χ4v) is 3.03. The summed E-state index contributed by atoms with van der Waals surface area (Å²) < 4.78 is 53.9. The van der Waals surface area contributed by atoms with Crippen molar-refractivity contribution in [1.82, 2.24) is 5.32 Å². The van der Waals surface area contributed by atoms with E-state index in [1.54, 1.807) is 6.92 Å². The van der Waals surface area contributed by atoms with E-state index in [1.165, 1.54) is 24.3 Å². The number of carbonyl (C=O) groups is 2. The average Bonchev–Trinajstić information content (AvgIpc) is 2.59. The van der Waals surface area contributed by atoms with Crippen molar-refractivity contribution >= 4 is 17.5 Å². The monoisotopic (exact) mass is 396 g/mol. The number of rotatable bonds is 4. The molecule has 0 bridgehead atoms. The van der Waals surface area contributed by atoms with Gasteiger partial charge in [-0.3, -0.25) is 9.59 Å². The van der Waals surface area contributed by atoms with E-state index in [4.69, 9.17) is 0 Å². The normalized spacial score (nSPS) is 17.3. The van der Waals surface area contributed by atoms with Crippen LogP contribution in [-0.2, 0) is 9.59 Å². The molecule has 0 radical (unpaired) electrons. The number of hydrogen-bond donors (Lipinski definition) is 2. The van der Waals surface area contributed by atoms with Gasteiger partial charge in [0.15, 0.2) is 0 Å². The first-order valence-electron chi connectivity index (χ1n) is 8.38. The molecule has 2 unspecified atom stereocenters. The van der Waals surface area contributed by atoms with Gasteiger partial charge in [0.25, 0.3) is 0 Å². The van der Waals surface area contributed by atoms with Crippen LogP contribution in [0.15, 0.2) is 42.5 Å². The minimum Gasteiger partial charge on any atom is -0.406 e. The summed E-state index contributed by atoms with van der Waals surface area (Å²) in [4.78, 5) is 24.5. The molecule has 5 nitrogen and oxygen atoms in total. The van der Waals surface area contributed by atoms with Crippen molar-refractivity contribution in [2.24, 2.45) is 0 Å². The van der Waals surface area contributed by atoms with Gasteiger partial charge in [-0.2, -0.15) is 0 Å². The molecule has 2 aromatic rings. The minimum atomic E-state index is -4.78. The highest BCUT2D eigenvalue weighted by molar-refractivity contribution is 6.01. The van der Waals surface area contributed by atoms with Gasteiger partial charge < -0.3 is 15.4 Å². The molecule has 148 valence electrons. The predicted molar refractivity (Wildman–Crippen MR) is 92.1 cm³/mol. The van der Waals surface area contributed by atoms with E-state index in [1.807, 2.05) is 0 Å². The first-order valence-corrected chi connectivity index (χ1v) is 8.38. The van der Waals surface area contributed by atoms with Gasteiger partial charge in [-0.1, -0.05) is 18.2 Å². The minimum absolute atomic E-state index is 0.0878. The maximum absolute atomic E-state index is 13.4. The van der Waals surface area contributed by atoms with E-state index < -0.39 is 36.0 Å². The third kappa shape index (κ3) is 4.59. The van der Waals surface area contributed by atoms with Gasteiger partial charge in [0.2, 0.25) is 11.8 Å². The molecule has 1 heterocycles. The molecule has 0 aliphatic carbocycles. The molecule has 1 aliphatic rings. The Bertz CT molecular complexity index is 897. The summed E-state index contributed by atoms with van der Waals surface area (Å²) in [5, 5.41) is 5.26. The second-order valence-corrected chi connectivity index (χ2v) is 6.38. The van der Waals surface area contributed by atoms with Crippen molar-refractivity contribution < 1.29 is 31.9 Å². The van der Waals surface area contributed by atoms with Gasteiger partial charge in [0.1, 0.15) is 11.6 Å². The van der Waals surface area contributed by atoms with Crippen LogP contribution in [0.4, 0.5) is 23.2 Å².